The topological polar surface area (TPSA) is 104 Å². The third kappa shape index (κ3) is 2.93. The molecular weight excluding hydrogens is 336 g/mol. The molecule has 0 unspecified atom stereocenters. The van der Waals surface area contributed by atoms with Crippen LogP contribution in [-0.4, -0.2) is 37.6 Å². The minimum Gasteiger partial charge on any atom is -0.495 e. The average Bonchev–Trinajstić information content (AvgIpc) is 2.92. The standard InChI is InChI=1S/C14H13ClN6O3/c1-20-13-12(18-19-20)14(23)21(7-16-13)6-11(22)17-9-5-8(15)3-4-10(9)24-2/h3-5,7H,6H2,1-2H3,(H,17,22). The van der Waals surface area contributed by atoms with Crippen LogP contribution in [0.4, 0.5) is 5.69 Å². The lowest BCUT2D eigenvalue weighted by Crippen LogP contribution is -2.28. The van der Waals surface area contributed by atoms with Gasteiger partial charge in [0.1, 0.15) is 18.6 Å². The van der Waals surface area contributed by atoms with E-state index in [-0.39, 0.29) is 12.1 Å². The second kappa shape index (κ2) is 6.28. The van der Waals surface area contributed by atoms with Crippen LogP contribution in [0, 0.1) is 0 Å². The lowest BCUT2D eigenvalue weighted by atomic mass is 10.3. The molecule has 10 heteroatoms. The summed E-state index contributed by atoms with van der Waals surface area (Å²) in [5.41, 5.74) is 0.430. The number of nitrogens with zero attached hydrogens (tertiary/aromatic N) is 5. The first-order valence-electron chi connectivity index (χ1n) is 6.88. The summed E-state index contributed by atoms with van der Waals surface area (Å²) >= 11 is 5.92. The highest BCUT2D eigenvalue weighted by molar-refractivity contribution is 6.31. The number of ether oxygens (including phenoxy) is 1. The van der Waals surface area contributed by atoms with E-state index in [4.69, 9.17) is 16.3 Å². The second-order valence-corrected chi connectivity index (χ2v) is 5.39. The summed E-state index contributed by atoms with van der Waals surface area (Å²) in [6, 6.07) is 4.84. The number of nitrogens with one attached hydrogen (secondary N) is 1. The van der Waals surface area contributed by atoms with Gasteiger partial charge in [0, 0.05) is 12.1 Å². The molecule has 0 aliphatic heterocycles. The van der Waals surface area contributed by atoms with E-state index >= 15 is 0 Å². The molecule has 9 nitrogen and oxygen atoms in total. The molecule has 0 saturated carbocycles. The molecule has 0 bridgehead atoms. The molecule has 2 aromatic heterocycles. The average molecular weight is 349 g/mol. The van der Waals surface area contributed by atoms with Crippen molar-refractivity contribution >= 4 is 34.4 Å². The van der Waals surface area contributed by atoms with Crippen molar-refractivity contribution in [3.8, 4) is 5.75 Å². The molecule has 0 saturated heterocycles. The maximum Gasteiger partial charge on any atom is 0.283 e. The first kappa shape index (κ1) is 15.9. The number of aromatic nitrogens is 5. The monoisotopic (exact) mass is 348 g/mol. The Labute approximate surface area is 140 Å². The number of carbonyl (C=O) groups excluding carboxylic acids is 1. The Hall–Kier alpha value is -2.94. The van der Waals surface area contributed by atoms with Gasteiger partial charge in [0.15, 0.2) is 11.2 Å². The van der Waals surface area contributed by atoms with Gasteiger partial charge in [-0.15, -0.1) is 5.10 Å². The molecule has 3 rings (SSSR count). The van der Waals surface area contributed by atoms with E-state index < -0.39 is 11.5 Å². The van der Waals surface area contributed by atoms with E-state index in [1.165, 1.54) is 18.1 Å². The Kier molecular flexibility index (Phi) is 4.17. The van der Waals surface area contributed by atoms with Gasteiger partial charge in [0.05, 0.1) is 12.8 Å². The molecule has 24 heavy (non-hydrogen) atoms. The quantitative estimate of drug-likeness (QED) is 0.748. The van der Waals surface area contributed by atoms with Crippen LogP contribution >= 0.6 is 11.6 Å². The summed E-state index contributed by atoms with van der Waals surface area (Å²) in [7, 11) is 3.11. The van der Waals surface area contributed by atoms with Gasteiger partial charge >= 0.3 is 0 Å². The first-order chi connectivity index (χ1) is 11.5. The number of anilines is 1. The van der Waals surface area contributed by atoms with Crippen molar-refractivity contribution in [1.82, 2.24) is 24.5 Å². The van der Waals surface area contributed by atoms with Gasteiger partial charge in [-0.3, -0.25) is 14.2 Å². The van der Waals surface area contributed by atoms with Crippen molar-refractivity contribution in [2.24, 2.45) is 7.05 Å². The fraction of sp³-hybridized carbons (Fsp3) is 0.214. The number of halogens is 1. The Morgan fingerprint density at radius 1 is 1.42 bits per heavy atom. The van der Waals surface area contributed by atoms with Gasteiger partial charge < -0.3 is 10.1 Å². The van der Waals surface area contributed by atoms with Gasteiger partial charge in [-0.2, -0.15) is 0 Å². The van der Waals surface area contributed by atoms with Crippen molar-refractivity contribution in [3.63, 3.8) is 0 Å². The maximum atomic E-state index is 12.3. The molecule has 0 fully saturated rings. The zero-order valence-electron chi connectivity index (χ0n) is 12.9. The number of aryl methyl sites for hydroxylation is 1. The number of carbonyl (C=O) groups is 1. The minimum absolute atomic E-state index is 0.105. The predicted octanol–water partition coefficient (Wildman–Crippen LogP) is 0.826. The van der Waals surface area contributed by atoms with E-state index in [2.05, 4.69) is 20.6 Å². The van der Waals surface area contributed by atoms with Crippen LogP contribution in [0.5, 0.6) is 5.75 Å². The van der Waals surface area contributed by atoms with Gasteiger partial charge in [-0.25, -0.2) is 9.67 Å². The third-order valence-electron chi connectivity index (χ3n) is 3.33. The van der Waals surface area contributed by atoms with Crippen LogP contribution < -0.4 is 15.6 Å². The van der Waals surface area contributed by atoms with Gasteiger partial charge in [-0.05, 0) is 18.2 Å². The van der Waals surface area contributed by atoms with Gasteiger partial charge in [-0.1, -0.05) is 16.8 Å². The highest BCUT2D eigenvalue weighted by atomic mass is 35.5. The van der Waals surface area contributed by atoms with Crippen LogP contribution in [0.3, 0.4) is 0 Å². The number of benzene rings is 1. The summed E-state index contributed by atoms with van der Waals surface area (Å²) in [4.78, 5) is 28.6. The molecule has 124 valence electrons. The van der Waals surface area contributed by atoms with Crippen LogP contribution in [0.1, 0.15) is 0 Å². The lowest BCUT2D eigenvalue weighted by molar-refractivity contribution is -0.116. The van der Waals surface area contributed by atoms with Crippen LogP contribution in [0.2, 0.25) is 5.02 Å². The zero-order valence-corrected chi connectivity index (χ0v) is 13.6. The molecule has 0 aliphatic rings. The Balaban J connectivity index is 1.84. The van der Waals surface area contributed by atoms with Crippen LogP contribution in [-0.2, 0) is 18.4 Å². The van der Waals surface area contributed by atoms with Crippen molar-refractivity contribution in [2.75, 3.05) is 12.4 Å². The van der Waals surface area contributed by atoms with Crippen molar-refractivity contribution in [3.05, 3.63) is 39.9 Å². The lowest BCUT2D eigenvalue weighted by Gasteiger charge is -2.11. The molecule has 2 heterocycles. The van der Waals surface area contributed by atoms with Crippen molar-refractivity contribution in [1.29, 1.82) is 0 Å². The number of amides is 1. The summed E-state index contributed by atoms with van der Waals surface area (Å²) in [6.07, 6.45) is 1.28. The highest BCUT2D eigenvalue weighted by Crippen LogP contribution is 2.27. The number of methoxy groups -OCH3 is 1. The van der Waals surface area contributed by atoms with E-state index in [1.54, 1.807) is 25.2 Å². The van der Waals surface area contributed by atoms with E-state index in [1.807, 2.05) is 0 Å². The van der Waals surface area contributed by atoms with Crippen LogP contribution in [0.25, 0.3) is 11.2 Å². The minimum atomic E-state index is -0.443. The fourth-order valence-corrected chi connectivity index (χ4v) is 2.36. The third-order valence-corrected chi connectivity index (χ3v) is 3.56. The highest BCUT2D eigenvalue weighted by Gasteiger charge is 2.13. The number of fused-ring (bicyclic) bond motifs is 1. The molecule has 1 N–H and O–H groups in total. The molecule has 0 spiro atoms. The van der Waals surface area contributed by atoms with Gasteiger partial charge in [0.2, 0.25) is 5.91 Å². The predicted molar refractivity (Wildman–Crippen MR) is 87.2 cm³/mol. The Morgan fingerprint density at radius 3 is 2.96 bits per heavy atom. The number of hydrogen-bond acceptors (Lipinski definition) is 6. The van der Waals surface area contributed by atoms with Crippen molar-refractivity contribution < 1.29 is 9.53 Å². The van der Waals surface area contributed by atoms with Crippen LogP contribution in [0.15, 0.2) is 29.3 Å². The Bertz CT molecular complexity index is 980. The number of hydrogen-bond donors (Lipinski definition) is 1. The van der Waals surface area contributed by atoms with Crippen molar-refractivity contribution in [2.45, 2.75) is 6.54 Å². The molecule has 1 aromatic carbocycles. The summed E-state index contributed by atoms with van der Waals surface area (Å²) < 4.78 is 7.70. The SMILES string of the molecule is COc1ccc(Cl)cc1NC(=O)Cn1cnc2c(nnn2C)c1=O. The maximum absolute atomic E-state index is 12.3. The number of rotatable bonds is 4. The van der Waals surface area contributed by atoms with E-state index in [9.17, 15) is 9.59 Å². The van der Waals surface area contributed by atoms with E-state index in [0.29, 0.717) is 22.1 Å². The molecular formula is C14H13ClN6O3. The van der Waals surface area contributed by atoms with E-state index in [0.717, 1.165) is 4.57 Å². The normalized spacial score (nSPS) is 10.8. The zero-order chi connectivity index (χ0) is 17.3. The summed E-state index contributed by atoms with van der Waals surface area (Å²) in [5.74, 6) is 0.0327. The fourth-order valence-electron chi connectivity index (χ4n) is 2.18. The molecule has 3 aromatic rings. The summed E-state index contributed by atoms with van der Waals surface area (Å²) in [6.45, 7) is -0.228. The second-order valence-electron chi connectivity index (χ2n) is 4.96. The molecule has 1 amide bonds. The van der Waals surface area contributed by atoms with Gasteiger partial charge in [0.25, 0.3) is 5.56 Å². The largest absolute Gasteiger partial charge is 0.495 e. The molecule has 0 radical (unpaired) electrons. The first-order valence-corrected chi connectivity index (χ1v) is 7.25. The molecule has 0 aliphatic carbocycles. The smallest absolute Gasteiger partial charge is 0.283 e. The Morgan fingerprint density at radius 2 is 2.21 bits per heavy atom. The molecule has 0 atom stereocenters. The summed E-state index contributed by atoms with van der Waals surface area (Å²) in [5, 5.41) is 10.6.